The fourth-order valence-electron chi connectivity index (χ4n) is 2.54. The van der Waals surface area contributed by atoms with Crippen LogP contribution in [0.3, 0.4) is 0 Å². The molecule has 2 aromatic rings. The van der Waals surface area contributed by atoms with E-state index >= 15 is 0 Å². The van der Waals surface area contributed by atoms with Crippen molar-refractivity contribution in [3.63, 3.8) is 0 Å². The molecular weight excluding hydrogens is 378 g/mol. The van der Waals surface area contributed by atoms with Gasteiger partial charge in [0.2, 0.25) is 10.0 Å². The summed E-state index contributed by atoms with van der Waals surface area (Å²) in [6.45, 7) is 7.32. The third-order valence-corrected chi connectivity index (χ3v) is 4.43. The van der Waals surface area contributed by atoms with Gasteiger partial charge >= 0.3 is 0 Å². The second kappa shape index (κ2) is 9.57. The lowest BCUT2D eigenvalue weighted by Crippen LogP contribution is -2.27. The number of para-hydroxylation sites is 1. The minimum absolute atomic E-state index is 0.234. The molecule has 0 aliphatic rings. The second-order valence-electron chi connectivity index (χ2n) is 6.81. The second-order valence-corrected chi connectivity index (χ2v) is 8.56. The van der Waals surface area contributed by atoms with Crippen LogP contribution in [0.4, 0.5) is 11.4 Å². The lowest BCUT2D eigenvalue weighted by atomic mass is 10.1. The Balaban J connectivity index is 2.07. The van der Waals surface area contributed by atoms with E-state index in [1.54, 1.807) is 36.4 Å². The van der Waals surface area contributed by atoms with Crippen LogP contribution in [0, 0.1) is 6.92 Å². The lowest BCUT2D eigenvalue weighted by Gasteiger charge is -2.14. The number of benzene rings is 2. The highest BCUT2D eigenvalue weighted by atomic mass is 32.2. The number of rotatable bonds is 9. The molecule has 2 aromatic carbocycles. The molecule has 0 aromatic heterocycles. The van der Waals surface area contributed by atoms with Gasteiger partial charge in [0.1, 0.15) is 12.4 Å². The Morgan fingerprint density at radius 1 is 1.11 bits per heavy atom. The van der Waals surface area contributed by atoms with Crippen LogP contribution >= 0.6 is 0 Å². The third kappa shape index (κ3) is 6.86. The summed E-state index contributed by atoms with van der Waals surface area (Å²) in [4.78, 5) is 12.6. The molecule has 0 aliphatic heterocycles. The zero-order valence-corrected chi connectivity index (χ0v) is 17.4. The van der Waals surface area contributed by atoms with Crippen molar-refractivity contribution in [3.05, 3.63) is 53.6 Å². The van der Waals surface area contributed by atoms with E-state index < -0.39 is 15.9 Å². The van der Waals surface area contributed by atoms with Crippen molar-refractivity contribution < 1.29 is 17.9 Å². The number of ether oxygens (including phenoxy) is 1. The van der Waals surface area contributed by atoms with Crippen molar-refractivity contribution in [2.24, 2.45) is 0 Å². The maximum atomic E-state index is 12.6. The monoisotopic (exact) mass is 405 g/mol. The van der Waals surface area contributed by atoms with Crippen LogP contribution in [-0.2, 0) is 10.0 Å². The smallest absolute Gasteiger partial charge is 0.257 e. The lowest BCUT2D eigenvalue weighted by molar-refractivity contribution is 0.102. The summed E-state index contributed by atoms with van der Waals surface area (Å²) in [5.41, 5.74) is 1.95. The standard InChI is InChI=1S/C20H27N3O4S/c1-14(2)21-11-12-27-16-9-10-18(15(3)13-16)22-20(24)17-7-5-6-8-19(17)23-28(4,25)26/h5-10,13-14,21,23H,11-12H2,1-4H3,(H,22,24). The first kappa shape index (κ1) is 21.7. The molecule has 0 spiro atoms. The number of amides is 1. The normalized spacial score (nSPS) is 11.3. The van der Waals surface area contributed by atoms with E-state index in [9.17, 15) is 13.2 Å². The summed E-state index contributed by atoms with van der Waals surface area (Å²) in [5.74, 6) is 0.324. The minimum atomic E-state index is -3.49. The maximum absolute atomic E-state index is 12.6. The summed E-state index contributed by atoms with van der Waals surface area (Å²) in [6, 6.07) is 12.3. The van der Waals surface area contributed by atoms with Crippen molar-refractivity contribution in [1.29, 1.82) is 0 Å². The fourth-order valence-corrected chi connectivity index (χ4v) is 3.12. The molecule has 0 fully saturated rings. The van der Waals surface area contributed by atoms with Crippen LogP contribution < -0.4 is 20.1 Å². The summed E-state index contributed by atoms with van der Waals surface area (Å²) < 4.78 is 31.1. The van der Waals surface area contributed by atoms with Gasteiger partial charge in [-0.25, -0.2) is 8.42 Å². The molecule has 2 rings (SSSR count). The number of hydrogen-bond donors (Lipinski definition) is 3. The van der Waals surface area contributed by atoms with Crippen LogP contribution in [0.1, 0.15) is 29.8 Å². The highest BCUT2D eigenvalue weighted by Gasteiger charge is 2.15. The first-order valence-corrected chi connectivity index (χ1v) is 10.9. The minimum Gasteiger partial charge on any atom is -0.492 e. The summed E-state index contributed by atoms with van der Waals surface area (Å²) in [5, 5.41) is 6.10. The van der Waals surface area contributed by atoms with Crippen LogP contribution in [-0.4, -0.2) is 39.8 Å². The molecule has 8 heteroatoms. The highest BCUT2D eigenvalue weighted by molar-refractivity contribution is 7.92. The van der Waals surface area contributed by atoms with Gasteiger partial charge in [-0.2, -0.15) is 0 Å². The molecule has 0 saturated heterocycles. The average Bonchev–Trinajstić information content (AvgIpc) is 2.59. The molecule has 7 nitrogen and oxygen atoms in total. The van der Waals surface area contributed by atoms with Gasteiger partial charge in [-0.15, -0.1) is 0 Å². The Hall–Kier alpha value is -2.58. The molecule has 0 heterocycles. The molecular formula is C20H27N3O4S. The van der Waals surface area contributed by atoms with Gasteiger partial charge in [0.15, 0.2) is 0 Å². The summed E-state index contributed by atoms with van der Waals surface area (Å²) in [6.07, 6.45) is 1.04. The van der Waals surface area contributed by atoms with E-state index in [4.69, 9.17) is 4.74 Å². The number of carbonyl (C=O) groups is 1. The Bertz CT molecular complexity index is 927. The van der Waals surface area contributed by atoms with Crippen molar-refractivity contribution in [2.45, 2.75) is 26.8 Å². The number of carbonyl (C=O) groups excluding carboxylic acids is 1. The Morgan fingerprint density at radius 2 is 1.82 bits per heavy atom. The number of aryl methyl sites for hydroxylation is 1. The SMILES string of the molecule is Cc1cc(OCCNC(C)C)ccc1NC(=O)c1ccccc1NS(C)(=O)=O. The maximum Gasteiger partial charge on any atom is 0.257 e. The van der Waals surface area contributed by atoms with Crippen LogP contribution in [0.15, 0.2) is 42.5 Å². The van der Waals surface area contributed by atoms with Crippen molar-refractivity contribution in [2.75, 3.05) is 29.4 Å². The highest BCUT2D eigenvalue weighted by Crippen LogP contribution is 2.23. The van der Waals surface area contributed by atoms with Crippen molar-refractivity contribution in [1.82, 2.24) is 5.32 Å². The Kier molecular flexibility index (Phi) is 7.42. The van der Waals surface area contributed by atoms with Gasteiger partial charge in [0.25, 0.3) is 5.91 Å². The first-order chi connectivity index (χ1) is 13.2. The molecule has 3 N–H and O–H groups in total. The third-order valence-electron chi connectivity index (χ3n) is 3.84. The Morgan fingerprint density at radius 3 is 2.46 bits per heavy atom. The molecule has 0 atom stereocenters. The number of hydrogen-bond acceptors (Lipinski definition) is 5. The van der Waals surface area contributed by atoms with Gasteiger partial charge in [-0.3, -0.25) is 9.52 Å². The number of anilines is 2. The topological polar surface area (TPSA) is 96.5 Å². The molecule has 1 amide bonds. The molecule has 152 valence electrons. The van der Waals surface area contributed by atoms with Gasteiger partial charge in [-0.05, 0) is 42.8 Å². The van der Waals surface area contributed by atoms with Gasteiger partial charge in [0.05, 0.1) is 17.5 Å². The molecule has 0 aliphatic carbocycles. The van der Waals surface area contributed by atoms with Crippen LogP contribution in [0.2, 0.25) is 0 Å². The van der Waals surface area contributed by atoms with Crippen molar-refractivity contribution in [3.8, 4) is 5.75 Å². The van der Waals surface area contributed by atoms with Crippen LogP contribution in [0.5, 0.6) is 5.75 Å². The first-order valence-electron chi connectivity index (χ1n) is 9.00. The predicted octanol–water partition coefficient (Wildman–Crippen LogP) is 3.00. The average molecular weight is 406 g/mol. The molecule has 0 radical (unpaired) electrons. The van der Waals surface area contributed by atoms with E-state index in [-0.39, 0.29) is 11.3 Å². The quantitative estimate of drug-likeness (QED) is 0.557. The largest absolute Gasteiger partial charge is 0.492 e. The number of sulfonamides is 1. The Labute approximate surface area is 166 Å². The van der Waals surface area contributed by atoms with Gasteiger partial charge in [0, 0.05) is 18.3 Å². The van der Waals surface area contributed by atoms with E-state index in [1.807, 2.05) is 13.0 Å². The number of nitrogens with one attached hydrogen (secondary N) is 3. The zero-order chi connectivity index (χ0) is 20.7. The molecule has 0 saturated carbocycles. The van der Waals surface area contributed by atoms with Gasteiger partial charge < -0.3 is 15.4 Å². The van der Waals surface area contributed by atoms with Crippen LogP contribution in [0.25, 0.3) is 0 Å². The predicted molar refractivity (Wildman–Crippen MR) is 113 cm³/mol. The van der Waals surface area contributed by atoms with E-state index in [0.29, 0.717) is 18.3 Å². The summed E-state index contributed by atoms with van der Waals surface area (Å²) in [7, 11) is -3.49. The fraction of sp³-hybridized carbons (Fsp3) is 0.350. The zero-order valence-electron chi connectivity index (χ0n) is 16.6. The van der Waals surface area contributed by atoms with Crippen molar-refractivity contribution >= 4 is 27.3 Å². The molecule has 0 bridgehead atoms. The van der Waals surface area contributed by atoms with E-state index in [0.717, 1.165) is 24.1 Å². The molecule has 0 unspecified atom stereocenters. The van der Waals surface area contributed by atoms with Gasteiger partial charge in [-0.1, -0.05) is 26.0 Å². The van der Waals surface area contributed by atoms with E-state index in [2.05, 4.69) is 29.2 Å². The molecule has 28 heavy (non-hydrogen) atoms. The van der Waals surface area contributed by atoms with E-state index in [1.165, 1.54) is 0 Å². The summed E-state index contributed by atoms with van der Waals surface area (Å²) >= 11 is 0.